The van der Waals surface area contributed by atoms with E-state index in [0.29, 0.717) is 24.2 Å². The molecule has 0 fully saturated rings. The van der Waals surface area contributed by atoms with Gasteiger partial charge in [0.1, 0.15) is 5.82 Å². The molecule has 3 aromatic rings. The van der Waals surface area contributed by atoms with Gasteiger partial charge in [-0.25, -0.2) is 4.39 Å². The normalized spacial score (nSPS) is 10.3. The minimum absolute atomic E-state index is 0.189. The van der Waals surface area contributed by atoms with Gasteiger partial charge in [0, 0.05) is 12.1 Å². The van der Waals surface area contributed by atoms with Crippen molar-refractivity contribution in [2.45, 2.75) is 6.42 Å². The Morgan fingerprint density at radius 1 is 0.815 bits per heavy atom. The highest BCUT2D eigenvalue weighted by atomic mass is 19.1. The maximum Gasteiger partial charge on any atom is 0.255 e. The summed E-state index contributed by atoms with van der Waals surface area (Å²) in [6.07, 6.45) is 0.713. The van der Waals surface area contributed by atoms with Crippen LogP contribution in [-0.4, -0.2) is 18.4 Å². The number of rotatable bonds is 6. The van der Waals surface area contributed by atoms with Crippen LogP contribution in [0.3, 0.4) is 0 Å². The summed E-state index contributed by atoms with van der Waals surface area (Å²) in [7, 11) is 0. The molecule has 3 aromatic carbocycles. The first-order valence-electron chi connectivity index (χ1n) is 8.61. The average Bonchev–Trinajstić information content (AvgIpc) is 2.69. The van der Waals surface area contributed by atoms with Crippen LogP contribution in [0.25, 0.3) is 0 Å². The van der Waals surface area contributed by atoms with Gasteiger partial charge in [0.05, 0.1) is 11.3 Å². The van der Waals surface area contributed by atoms with Crippen LogP contribution in [0, 0.1) is 5.82 Å². The molecule has 4 nitrogen and oxygen atoms in total. The largest absolute Gasteiger partial charge is 0.352 e. The van der Waals surface area contributed by atoms with Crippen molar-refractivity contribution in [1.82, 2.24) is 5.32 Å². The summed E-state index contributed by atoms with van der Waals surface area (Å²) in [5.41, 5.74) is 2.05. The number of hydrogen-bond acceptors (Lipinski definition) is 2. The van der Waals surface area contributed by atoms with Gasteiger partial charge < -0.3 is 10.6 Å². The molecule has 0 aliphatic carbocycles. The number of anilines is 1. The maximum absolute atomic E-state index is 13.3. The highest BCUT2D eigenvalue weighted by molar-refractivity contribution is 6.08. The molecule has 136 valence electrons. The lowest BCUT2D eigenvalue weighted by Crippen LogP contribution is -2.27. The van der Waals surface area contributed by atoms with Crippen molar-refractivity contribution < 1.29 is 14.0 Å². The van der Waals surface area contributed by atoms with Crippen molar-refractivity contribution in [2.24, 2.45) is 0 Å². The molecule has 0 bridgehead atoms. The van der Waals surface area contributed by atoms with E-state index in [-0.39, 0.29) is 11.5 Å². The molecule has 0 saturated heterocycles. The Bertz CT molecular complexity index is 942. The number of carbonyl (C=O) groups excluding carboxylic acids is 2. The predicted molar refractivity (Wildman–Crippen MR) is 103 cm³/mol. The van der Waals surface area contributed by atoms with Crippen LogP contribution in [0.5, 0.6) is 0 Å². The van der Waals surface area contributed by atoms with E-state index in [4.69, 9.17) is 0 Å². The van der Waals surface area contributed by atoms with Crippen LogP contribution >= 0.6 is 0 Å². The van der Waals surface area contributed by atoms with Crippen LogP contribution < -0.4 is 10.6 Å². The van der Waals surface area contributed by atoms with Gasteiger partial charge in [-0.2, -0.15) is 0 Å². The number of hydrogen-bond donors (Lipinski definition) is 2. The van der Waals surface area contributed by atoms with Crippen LogP contribution in [0.15, 0.2) is 78.9 Å². The Labute approximate surface area is 157 Å². The third-order valence-corrected chi connectivity index (χ3v) is 4.05. The standard InChI is InChI=1S/C22H19FN2O2/c23-18-10-6-9-17(15-18)21(26)25-20-12-5-4-11-19(20)22(27)24-14-13-16-7-2-1-3-8-16/h1-12,15H,13-14H2,(H,24,27)(H,25,26). The zero-order chi connectivity index (χ0) is 19.1. The molecule has 2 amide bonds. The minimum atomic E-state index is -0.491. The van der Waals surface area contributed by atoms with Gasteiger partial charge in [0.2, 0.25) is 0 Å². The number of nitrogens with one attached hydrogen (secondary N) is 2. The molecule has 0 heterocycles. The minimum Gasteiger partial charge on any atom is -0.352 e. The van der Waals surface area contributed by atoms with Gasteiger partial charge in [-0.1, -0.05) is 48.5 Å². The van der Waals surface area contributed by atoms with Gasteiger partial charge in [-0.05, 0) is 42.3 Å². The summed E-state index contributed by atoms with van der Waals surface area (Å²) in [6.45, 7) is 0.481. The topological polar surface area (TPSA) is 58.2 Å². The fourth-order valence-corrected chi connectivity index (χ4v) is 2.67. The van der Waals surface area contributed by atoms with E-state index in [9.17, 15) is 14.0 Å². The first-order valence-corrected chi connectivity index (χ1v) is 8.61. The summed E-state index contributed by atoms with van der Waals surface area (Å²) in [5.74, 6) is -1.24. The Kier molecular flexibility index (Phi) is 5.94. The molecule has 27 heavy (non-hydrogen) atoms. The molecule has 0 atom stereocenters. The molecule has 0 radical (unpaired) electrons. The number of amides is 2. The Hall–Kier alpha value is -3.47. The van der Waals surface area contributed by atoms with Crippen molar-refractivity contribution in [1.29, 1.82) is 0 Å². The van der Waals surface area contributed by atoms with E-state index >= 15 is 0 Å². The summed E-state index contributed by atoms with van der Waals surface area (Å²) < 4.78 is 13.3. The first kappa shape index (κ1) is 18.3. The zero-order valence-electron chi connectivity index (χ0n) is 14.6. The lowest BCUT2D eigenvalue weighted by Gasteiger charge is -2.11. The van der Waals surface area contributed by atoms with Crippen LogP contribution in [-0.2, 0) is 6.42 Å². The SMILES string of the molecule is O=C(Nc1ccccc1C(=O)NCCc1ccccc1)c1cccc(F)c1. The lowest BCUT2D eigenvalue weighted by molar-refractivity contribution is 0.0955. The molecular formula is C22H19FN2O2. The number of halogens is 1. The Morgan fingerprint density at radius 3 is 2.33 bits per heavy atom. The van der Waals surface area contributed by atoms with Gasteiger partial charge in [0.25, 0.3) is 11.8 Å². The number of carbonyl (C=O) groups is 2. The van der Waals surface area contributed by atoms with Crippen LogP contribution in [0.2, 0.25) is 0 Å². The molecule has 5 heteroatoms. The monoisotopic (exact) mass is 362 g/mol. The van der Waals surface area contributed by atoms with Gasteiger partial charge in [0.15, 0.2) is 0 Å². The third-order valence-electron chi connectivity index (χ3n) is 4.05. The summed E-state index contributed by atoms with van der Waals surface area (Å²) in [4.78, 5) is 24.8. The summed E-state index contributed by atoms with van der Waals surface area (Å²) in [6, 6.07) is 22.0. The predicted octanol–water partition coefficient (Wildman–Crippen LogP) is 4.05. The van der Waals surface area contributed by atoms with E-state index in [1.54, 1.807) is 24.3 Å². The van der Waals surface area contributed by atoms with Crippen molar-refractivity contribution in [3.63, 3.8) is 0 Å². The second-order valence-electron chi connectivity index (χ2n) is 6.00. The average molecular weight is 362 g/mol. The Balaban J connectivity index is 1.66. The highest BCUT2D eigenvalue weighted by Crippen LogP contribution is 2.16. The van der Waals surface area contributed by atoms with E-state index in [1.807, 2.05) is 30.3 Å². The molecule has 0 aliphatic rings. The van der Waals surface area contributed by atoms with E-state index in [0.717, 1.165) is 11.6 Å². The van der Waals surface area contributed by atoms with Crippen LogP contribution in [0.4, 0.5) is 10.1 Å². The third kappa shape index (κ3) is 5.01. The maximum atomic E-state index is 13.3. The number of para-hydroxylation sites is 1. The molecule has 0 saturated carbocycles. The van der Waals surface area contributed by atoms with E-state index < -0.39 is 11.7 Å². The highest BCUT2D eigenvalue weighted by Gasteiger charge is 2.14. The summed E-state index contributed by atoms with van der Waals surface area (Å²) >= 11 is 0. The van der Waals surface area contributed by atoms with Gasteiger partial charge in [-0.15, -0.1) is 0 Å². The van der Waals surface area contributed by atoms with Crippen molar-refractivity contribution in [3.8, 4) is 0 Å². The second-order valence-corrected chi connectivity index (χ2v) is 6.00. The molecule has 0 unspecified atom stereocenters. The second kappa shape index (κ2) is 8.76. The lowest BCUT2D eigenvalue weighted by atomic mass is 10.1. The summed E-state index contributed by atoms with van der Waals surface area (Å²) in [5, 5.41) is 5.54. The van der Waals surface area contributed by atoms with E-state index in [2.05, 4.69) is 10.6 Å². The van der Waals surface area contributed by atoms with Gasteiger partial charge >= 0.3 is 0 Å². The first-order chi connectivity index (χ1) is 13.1. The van der Waals surface area contributed by atoms with Gasteiger partial charge in [-0.3, -0.25) is 9.59 Å². The van der Waals surface area contributed by atoms with Crippen LogP contribution in [0.1, 0.15) is 26.3 Å². The molecule has 0 aromatic heterocycles. The fourth-order valence-electron chi connectivity index (χ4n) is 2.67. The quantitative estimate of drug-likeness (QED) is 0.695. The number of benzene rings is 3. The molecule has 2 N–H and O–H groups in total. The molecule has 3 rings (SSSR count). The molecular weight excluding hydrogens is 343 g/mol. The zero-order valence-corrected chi connectivity index (χ0v) is 14.6. The Morgan fingerprint density at radius 2 is 1.56 bits per heavy atom. The molecule has 0 spiro atoms. The fraction of sp³-hybridized carbons (Fsp3) is 0.0909. The smallest absolute Gasteiger partial charge is 0.255 e. The van der Waals surface area contributed by atoms with Crippen molar-refractivity contribution >= 4 is 17.5 Å². The molecule has 0 aliphatic heterocycles. The van der Waals surface area contributed by atoms with E-state index in [1.165, 1.54) is 18.2 Å². The van der Waals surface area contributed by atoms with Crippen molar-refractivity contribution in [3.05, 3.63) is 101 Å². The van der Waals surface area contributed by atoms with Crippen molar-refractivity contribution in [2.75, 3.05) is 11.9 Å².